The summed E-state index contributed by atoms with van der Waals surface area (Å²) < 4.78 is 15.1. The molecule has 118 valence electrons. The smallest absolute Gasteiger partial charge is 0.128 e. The Morgan fingerprint density at radius 1 is 1.38 bits per heavy atom. The molecule has 1 aromatic rings. The summed E-state index contributed by atoms with van der Waals surface area (Å²) >= 11 is 3.45. The van der Waals surface area contributed by atoms with Gasteiger partial charge in [0.05, 0.1) is 0 Å². The van der Waals surface area contributed by atoms with E-state index in [4.69, 9.17) is 5.73 Å². The van der Waals surface area contributed by atoms with E-state index in [0.29, 0.717) is 12.0 Å². The van der Waals surface area contributed by atoms with E-state index in [1.807, 2.05) is 6.07 Å². The topological polar surface area (TPSA) is 29.3 Å². The Bertz CT molecular complexity index is 466. The van der Waals surface area contributed by atoms with E-state index < -0.39 is 0 Å². The molecule has 1 saturated carbocycles. The number of benzene rings is 1. The highest BCUT2D eigenvalue weighted by Gasteiger charge is 2.32. The molecule has 2 nitrogen and oxygen atoms in total. The minimum Gasteiger partial charge on any atom is -0.330 e. The molecule has 3 atom stereocenters. The summed E-state index contributed by atoms with van der Waals surface area (Å²) in [7, 11) is 0. The molecule has 0 spiro atoms. The maximum atomic E-state index is 14.2. The number of hydrogen-bond donors (Lipinski definition) is 1. The predicted octanol–water partition coefficient (Wildman–Crippen LogP) is 4.49. The van der Waals surface area contributed by atoms with Gasteiger partial charge in [-0.3, -0.25) is 4.90 Å². The van der Waals surface area contributed by atoms with E-state index >= 15 is 0 Å². The van der Waals surface area contributed by atoms with Crippen LogP contribution in [0.3, 0.4) is 0 Å². The molecular formula is C17H26BrFN2. The van der Waals surface area contributed by atoms with Gasteiger partial charge in [-0.1, -0.05) is 35.7 Å². The lowest BCUT2D eigenvalue weighted by Gasteiger charge is -2.42. The van der Waals surface area contributed by atoms with Crippen molar-refractivity contribution in [3.8, 4) is 0 Å². The van der Waals surface area contributed by atoms with Crippen LogP contribution in [0.15, 0.2) is 22.7 Å². The Labute approximate surface area is 136 Å². The van der Waals surface area contributed by atoms with E-state index in [9.17, 15) is 4.39 Å². The van der Waals surface area contributed by atoms with E-state index in [2.05, 4.69) is 34.7 Å². The minimum absolute atomic E-state index is 0.0737. The van der Waals surface area contributed by atoms with Gasteiger partial charge in [-0.15, -0.1) is 0 Å². The Hall–Kier alpha value is -0.450. The van der Waals surface area contributed by atoms with E-state index in [1.165, 1.54) is 25.7 Å². The Morgan fingerprint density at radius 2 is 2.10 bits per heavy atom. The predicted molar refractivity (Wildman–Crippen MR) is 89.7 cm³/mol. The third-order valence-electron chi connectivity index (χ3n) is 4.87. The summed E-state index contributed by atoms with van der Waals surface area (Å²) in [5.74, 6) is 0.417. The van der Waals surface area contributed by atoms with Crippen LogP contribution in [0, 0.1) is 11.7 Å². The van der Waals surface area contributed by atoms with Crippen LogP contribution in [-0.2, 0) is 0 Å². The van der Waals surface area contributed by atoms with Gasteiger partial charge in [-0.2, -0.15) is 0 Å². The molecule has 4 heteroatoms. The Kier molecular flexibility index (Phi) is 6.20. The monoisotopic (exact) mass is 356 g/mol. The fraction of sp³-hybridized carbons (Fsp3) is 0.647. The molecule has 0 radical (unpaired) electrons. The molecule has 2 rings (SSSR count). The first-order chi connectivity index (χ1) is 10.1. The molecule has 1 aromatic carbocycles. The van der Waals surface area contributed by atoms with E-state index in [1.54, 1.807) is 12.1 Å². The number of hydrogen-bond acceptors (Lipinski definition) is 2. The zero-order valence-corrected chi connectivity index (χ0v) is 14.6. The van der Waals surface area contributed by atoms with Crippen molar-refractivity contribution in [2.75, 3.05) is 13.1 Å². The summed E-state index contributed by atoms with van der Waals surface area (Å²) in [5.41, 5.74) is 6.74. The van der Waals surface area contributed by atoms with Crippen molar-refractivity contribution < 1.29 is 4.39 Å². The highest BCUT2D eigenvalue weighted by Crippen LogP contribution is 2.34. The van der Waals surface area contributed by atoms with Gasteiger partial charge in [-0.25, -0.2) is 4.39 Å². The number of nitrogens with two attached hydrogens (primary N) is 1. The molecule has 1 aliphatic carbocycles. The molecule has 0 aliphatic heterocycles. The Morgan fingerprint density at radius 3 is 2.76 bits per heavy atom. The van der Waals surface area contributed by atoms with Crippen molar-refractivity contribution in [3.63, 3.8) is 0 Å². The fourth-order valence-corrected chi connectivity index (χ4v) is 4.09. The van der Waals surface area contributed by atoms with Gasteiger partial charge in [0.15, 0.2) is 0 Å². The van der Waals surface area contributed by atoms with Crippen molar-refractivity contribution in [2.24, 2.45) is 11.7 Å². The fourth-order valence-electron chi connectivity index (χ4n) is 3.71. The van der Waals surface area contributed by atoms with Crippen molar-refractivity contribution >= 4 is 15.9 Å². The minimum atomic E-state index is -0.121. The van der Waals surface area contributed by atoms with E-state index in [0.717, 1.165) is 23.1 Å². The molecule has 2 N–H and O–H groups in total. The van der Waals surface area contributed by atoms with Gasteiger partial charge in [0, 0.05) is 22.1 Å². The van der Waals surface area contributed by atoms with Crippen LogP contribution in [0.25, 0.3) is 0 Å². The van der Waals surface area contributed by atoms with Crippen LogP contribution >= 0.6 is 15.9 Å². The molecule has 0 aromatic heterocycles. The first-order valence-electron chi connectivity index (χ1n) is 7.99. The molecule has 1 aliphatic rings. The van der Waals surface area contributed by atoms with Crippen LogP contribution in [-0.4, -0.2) is 24.0 Å². The van der Waals surface area contributed by atoms with Crippen molar-refractivity contribution in [3.05, 3.63) is 34.1 Å². The average molecular weight is 357 g/mol. The quantitative estimate of drug-likeness (QED) is 0.841. The van der Waals surface area contributed by atoms with Crippen LogP contribution < -0.4 is 5.73 Å². The van der Waals surface area contributed by atoms with Crippen LogP contribution in [0.2, 0.25) is 0 Å². The lowest BCUT2D eigenvalue weighted by Crippen LogP contribution is -2.46. The van der Waals surface area contributed by atoms with E-state index in [-0.39, 0.29) is 11.9 Å². The van der Waals surface area contributed by atoms with Crippen molar-refractivity contribution in [2.45, 2.75) is 51.6 Å². The van der Waals surface area contributed by atoms with Crippen LogP contribution in [0.5, 0.6) is 0 Å². The molecule has 3 unspecified atom stereocenters. The summed E-state index contributed by atoms with van der Waals surface area (Å²) in [4.78, 5) is 2.43. The maximum Gasteiger partial charge on any atom is 0.128 e. The summed E-state index contributed by atoms with van der Waals surface area (Å²) in [6.07, 6.45) is 4.90. The molecule has 0 bridgehead atoms. The average Bonchev–Trinajstić information content (AvgIpc) is 2.50. The third kappa shape index (κ3) is 3.85. The zero-order valence-electron chi connectivity index (χ0n) is 13.0. The second-order valence-electron chi connectivity index (χ2n) is 6.02. The summed E-state index contributed by atoms with van der Waals surface area (Å²) in [6, 6.07) is 5.76. The van der Waals surface area contributed by atoms with Gasteiger partial charge >= 0.3 is 0 Å². The largest absolute Gasteiger partial charge is 0.330 e. The number of halogens is 2. The number of rotatable bonds is 5. The first kappa shape index (κ1) is 16.9. The maximum absolute atomic E-state index is 14.2. The second-order valence-corrected chi connectivity index (χ2v) is 6.94. The third-order valence-corrected chi connectivity index (χ3v) is 5.36. The SMILES string of the molecule is CCN(C(C)c1cc(Br)ccc1F)C1CCCCC1CN. The lowest BCUT2D eigenvalue weighted by atomic mass is 9.82. The molecular weight excluding hydrogens is 331 g/mol. The highest BCUT2D eigenvalue weighted by molar-refractivity contribution is 9.10. The van der Waals surface area contributed by atoms with Gasteiger partial charge in [0.25, 0.3) is 0 Å². The molecule has 0 amide bonds. The summed E-state index contributed by atoms with van der Waals surface area (Å²) in [6.45, 7) is 5.92. The van der Waals surface area contributed by atoms with Gasteiger partial charge in [-0.05, 0) is 57.0 Å². The van der Waals surface area contributed by atoms with Crippen molar-refractivity contribution in [1.82, 2.24) is 4.90 Å². The van der Waals surface area contributed by atoms with Gasteiger partial charge in [0.2, 0.25) is 0 Å². The van der Waals surface area contributed by atoms with Crippen LogP contribution in [0.4, 0.5) is 4.39 Å². The molecule has 0 heterocycles. The molecule has 21 heavy (non-hydrogen) atoms. The number of nitrogens with zero attached hydrogens (tertiary/aromatic N) is 1. The second kappa shape index (κ2) is 7.70. The summed E-state index contributed by atoms with van der Waals surface area (Å²) in [5, 5.41) is 0. The zero-order chi connectivity index (χ0) is 15.4. The first-order valence-corrected chi connectivity index (χ1v) is 8.78. The lowest BCUT2D eigenvalue weighted by molar-refractivity contribution is 0.0755. The van der Waals surface area contributed by atoms with Crippen LogP contribution in [0.1, 0.15) is 51.1 Å². The highest BCUT2D eigenvalue weighted by atomic mass is 79.9. The van der Waals surface area contributed by atoms with Crippen molar-refractivity contribution in [1.29, 1.82) is 0 Å². The molecule has 0 saturated heterocycles. The standard InChI is InChI=1S/C17H26BrFN2/c1-3-21(17-7-5-4-6-13(17)11-20)12(2)15-10-14(18)8-9-16(15)19/h8-10,12-13,17H,3-7,11,20H2,1-2H3. The normalized spacial score (nSPS) is 24.3. The van der Waals surface area contributed by atoms with Gasteiger partial charge in [0.1, 0.15) is 5.82 Å². The van der Waals surface area contributed by atoms with Gasteiger partial charge < -0.3 is 5.73 Å². The Balaban J connectivity index is 2.24. The molecule has 1 fully saturated rings.